The van der Waals surface area contributed by atoms with Crippen LogP contribution in [0.1, 0.15) is 25.0 Å². The predicted molar refractivity (Wildman–Crippen MR) is 128 cm³/mol. The van der Waals surface area contributed by atoms with E-state index >= 15 is 0 Å². The van der Waals surface area contributed by atoms with Crippen molar-refractivity contribution < 1.29 is 16.8 Å². The molecule has 33 heavy (non-hydrogen) atoms. The van der Waals surface area contributed by atoms with Crippen molar-refractivity contribution in [1.82, 2.24) is 0 Å². The molecule has 0 saturated carbocycles. The first-order valence-electron chi connectivity index (χ1n) is 10.5. The summed E-state index contributed by atoms with van der Waals surface area (Å²) in [7, 11) is -7.21. The van der Waals surface area contributed by atoms with Crippen LogP contribution in [0.3, 0.4) is 0 Å². The van der Waals surface area contributed by atoms with Gasteiger partial charge in [0.05, 0.1) is 19.6 Å². The molecule has 5 rings (SSSR count). The minimum Gasteiger partial charge on any atom is -0.219 e. The zero-order chi connectivity index (χ0) is 23.4. The van der Waals surface area contributed by atoms with Gasteiger partial charge in [0.25, 0.3) is 0 Å². The lowest BCUT2D eigenvalue weighted by molar-refractivity contribution is 0.556. The lowest BCUT2D eigenvalue weighted by atomic mass is 9.77. The van der Waals surface area contributed by atoms with Crippen LogP contribution in [0, 0.1) is 0 Å². The zero-order valence-corrected chi connectivity index (χ0v) is 19.8. The van der Waals surface area contributed by atoms with E-state index in [0.29, 0.717) is 9.79 Å². The third-order valence-corrected chi connectivity index (χ3v) is 10.00. The third kappa shape index (κ3) is 3.33. The molecule has 0 radical (unpaired) electrons. The molecule has 0 fully saturated rings. The molecule has 0 aromatic heterocycles. The quantitative estimate of drug-likeness (QED) is 0.384. The van der Waals surface area contributed by atoms with Crippen LogP contribution in [0.2, 0.25) is 0 Å². The van der Waals surface area contributed by atoms with Crippen LogP contribution in [0.15, 0.2) is 117 Å². The molecule has 1 aliphatic heterocycles. The predicted octanol–water partition coefficient (Wildman–Crippen LogP) is 5.66. The average molecular weight is 475 g/mol. The standard InChI is InChI=1S/C27H22O4S2/c1-27(2)23-10-6-7-11-25(23)33(30,31)26-17-14-20(18-24(26)27)19-12-15-22(16-13-19)32(28,29)21-8-4-3-5-9-21/h3-18H,1-2H3. The van der Waals surface area contributed by atoms with Crippen molar-refractivity contribution in [2.24, 2.45) is 0 Å². The number of hydrogen-bond donors (Lipinski definition) is 0. The maximum atomic E-state index is 13.3. The van der Waals surface area contributed by atoms with E-state index in [1.165, 1.54) is 0 Å². The van der Waals surface area contributed by atoms with Crippen molar-refractivity contribution >= 4 is 19.7 Å². The van der Waals surface area contributed by atoms with Gasteiger partial charge in [-0.2, -0.15) is 0 Å². The summed E-state index contributed by atoms with van der Waals surface area (Å²) in [6.07, 6.45) is 0. The summed E-state index contributed by atoms with van der Waals surface area (Å²) < 4.78 is 52.3. The first-order chi connectivity index (χ1) is 15.6. The molecule has 0 unspecified atom stereocenters. The van der Waals surface area contributed by atoms with Gasteiger partial charge in [-0.15, -0.1) is 0 Å². The van der Waals surface area contributed by atoms with Gasteiger partial charge in [-0.1, -0.05) is 68.4 Å². The summed E-state index contributed by atoms with van der Waals surface area (Å²) in [6.45, 7) is 4.05. The van der Waals surface area contributed by atoms with E-state index in [0.717, 1.165) is 22.3 Å². The molecule has 0 spiro atoms. The van der Waals surface area contributed by atoms with Crippen LogP contribution in [0.25, 0.3) is 11.1 Å². The van der Waals surface area contributed by atoms with Gasteiger partial charge >= 0.3 is 0 Å². The molecule has 0 amide bonds. The molecule has 6 heteroatoms. The Kier molecular flexibility index (Phi) is 4.85. The van der Waals surface area contributed by atoms with Gasteiger partial charge in [0.15, 0.2) is 0 Å². The second kappa shape index (κ2) is 7.40. The maximum absolute atomic E-state index is 13.3. The highest BCUT2D eigenvalue weighted by molar-refractivity contribution is 7.92. The topological polar surface area (TPSA) is 68.3 Å². The Morgan fingerprint density at radius 1 is 0.606 bits per heavy atom. The molecule has 4 aromatic rings. The van der Waals surface area contributed by atoms with Gasteiger partial charge in [-0.05, 0) is 64.7 Å². The van der Waals surface area contributed by atoms with Crippen LogP contribution in [-0.2, 0) is 25.1 Å². The molecule has 4 aromatic carbocycles. The van der Waals surface area contributed by atoms with Gasteiger partial charge in [-0.25, -0.2) is 16.8 Å². The average Bonchev–Trinajstić information content (AvgIpc) is 2.83. The second-order valence-corrected chi connectivity index (χ2v) is 12.5. The Hall–Kier alpha value is -3.22. The maximum Gasteiger partial charge on any atom is 0.207 e. The highest BCUT2D eigenvalue weighted by atomic mass is 32.2. The van der Waals surface area contributed by atoms with E-state index in [1.54, 1.807) is 78.9 Å². The van der Waals surface area contributed by atoms with Crippen molar-refractivity contribution in [3.8, 4) is 11.1 Å². The summed E-state index contributed by atoms with van der Waals surface area (Å²) in [4.78, 5) is 1.13. The second-order valence-electron chi connectivity index (χ2n) is 8.68. The molecule has 4 nitrogen and oxygen atoms in total. The fraction of sp³-hybridized carbons (Fsp3) is 0.111. The van der Waals surface area contributed by atoms with Crippen molar-refractivity contribution in [3.05, 3.63) is 108 Å². The van der Waals surface area contributed by atoms with Crippen molar-refractivity contribution in [2.45, 2.75) is 38.8 Å². The van der Waals surface area contributed by atoms with E-state index < -0.39 is 25.1 Å². The molecule has 166 valence electrons. The van der Waals surface area contributed by atoms with E-state index in [1.807, 2.05) is 32.0 Å². The molecule has 1 aliphatic rings. The number of fused-ring (bicyclic) bond motifs is 2. The molecule has 0 aliphatic carbocycles. The van der Waals surface area contributed by atoms with E-state index in [4.69, 9.17) is 0 Å². The molecule has 0 saturated heterocycles. The van der Waals surface area contributed by atoms with Gasteiger partial charge < -0.3 is 0 Å². The number of rotatable bonds is 3. The van der Waals surface area contributed by atoms with Gasteiger partial charge in [0, 0.05) is 5.41 Å². The van der Waals surface area contributed by atoms with Crippen molar-refractivity contribution in [3.63, 3.8) is 0 Å². The summed E-state index contributed by atoms with van der Waals surface area (Å²) >= 11 is 0. The molecule has 0 N–H and O–H groups in total. The fourth-order valence-electron chi connectivity index (χ4n) is 4.48. The van der Waals surface area contributed by atoms with Crippen LogP contribution < -0.4 is 0 Å². The fourth-order valence-corrected chi connectivity index (χ4v) is 7.72. The monoisotopic (exact) mass is 474 g/mol. The van der Waals surface area contributed by atoms with Gasteiger partial charge in [-0.3, -0.25) is 0 Å². The SMILES string of the molecule is CC1(C)c2ccccc2S(=O)(=O)c2ccc(-c3ccc(S(=O)(=O)c4ccccc4)cc3)cc21. The zero-order valence-electron chi connectivity index (χ0n) is 18.2. The first-order valence-corrected chi connectivity index (χ1v) is 13.5. The highest BCUT2D eigenvalue weighted by Gasteiger charge is 2.40. The van der Waals surface area contributed by atoms with Crippen LogP contribution in [0.5, 0.6) is 0 Å². The van der Waals surface area contributed by atoms with Crippen LogP contribution in [0.4, 0.5) is 0 Å². The first kappa shape index (κ1) is 21.6. The van der Waals surface area contributed by atoms with Crippen molar-refractivity contribution in [2.75, 3.05) is 0 Å². The van der Waals surface area contributed by atoms with Crippen molar-refractivity contribution in [1.29, 1.82) is 0 Å². The summed E-state index contributed by atoms with van der Waals surface area (Å²) in [5, 5.41) is 0. The Labute approximate surface area is 194 Å². The number of sulfone groups is 2. The normalized spacial score (nSPS) is 15.9. The summed E-state index contributed by atoms with van der Waals surface area (Å²) in [5.74, 6) is 0. The Morgan fingerprint density at radius 3 is 1.85 bits per heavy atom. The minimum atomic E-state index is -3.61. The summed E-state index contributed by atoms with van der Waals surface area (Å²) in [5.41, 5.74) is 2.67. The van der Waals surface area contributed by atoms with E-state index in [9.17, 15) is 16.8 Å². The molecule has 0 bridgehead atoms. The smallest absolute Gasteiger partial charge is 0.207 e. The molecule has 1 heterocycles. The van der Waals surface area contributed by atoms with E-state index in [2.05, 4.69) is 0 Å². The van der Waals surface area contributed by atoms with Gasteiger partial charge in [0.2, 0.25) is 19.7 Å². The van der Waals surface area contributed by atoms with E-state index in [-0.39, 0.29) is 9.79 Å². The summed E-state index contributed by atoms with van der Waals surface area (Å²) in [6, 6.07) is 27.5. The lowest BCUT2D eigenvalue weighted by Gasteiger charge is -2.35. The lowest BCUT2D eigenvalue weighted by Crippen LogP contribution is -2.29. The number of benzene rings is 4. The molecular formula is C27H22O4S2. The number of hydrogen-bond acceptors (Lipinski definition) is 4. The Morgan fingerprint density at radius 2 is 1.15 bits per heavy atom. The van der Waals surface area contributed by atoms with Crippen LogP contribution in [-0.4, -0.2) is 16.8 Å². The minimum absolute atomic E-state index is 0.215. The Balaban J connectivity index is 1.59. The molecular weight excluding hydrogens is 452 g/mol. The van der Waals surface area contributed by atoms with Crippen LogP contribution >= 0.6 is 0 Å². The molecule has 0 atom stereocenters. The highest BCUT2D eigenvalue weighted by Crippen LogP contribution is 2.46. The largest absolute Gasteiger partial charge is 0.219 e. The van der Waals surface area contributed by atoms with Gasteiger partial charge in [0.1, 0.15) is 0 Å². The Bertz CT molecular complexity index is 1580. The third-order valence-electron chi connectivity index (χ3n) is 6.34.